The fourth-order valence-electron chi connectivity index (χ4n) is 2.69. The number of halogens is 1. The first-order valence-electron chi connectivity index (χ1n) is 6.57. The van der Waals surface area contributed by atoms with Crippen LogP contribution in [0.4, 0.5) is 5.82 Å². The molecule has 5 heteroatoms. The van der Waals surface area contributed by atoms with Gasteiger partial charge in [0, 0.05) is 18.8 Å². The average Bonchev–Trinajstić information content (AvgIpc) is 2.70. The lowest BCUT2D eigenvalue weighted by molar-refractivity contribution is 0.183. The molecule has 1 aliphatic carbocycles. The summed E-state index contributed by atoms with van der Waals surface area (Å²) in [6, 6.07) is 5.55. The van der Waals surface area contributed by atoms with Gasteiger partial charge < -0.3 is 5.73 Å². The Morgan fingerprint density at radius 1 is 1.37 bits per heavy atom. The average molecular weight is 277 g/mol. The van der Waals surface area contributed by atoms with Gasteiger partial charge in [-0.05, 0) is 36.8 Å². The summed E-state index contributed by atoms with van der Waals surface area (Å²) in [5.74, 6) is 2.26. The van der Waals surface area contributed by atoms with E-state index >= 15 is 0 Å². The van der Waals surface area contributed by atoms with Crippen molar-refractivity contribution in [3.63, 3.8) is 0 Å². The normalized spacial score (nSPS) is 22.2. The number of anilines is 1. The van der Waals surface area contributed by atoms with Crippen LogP contribution in [0.25, 0.3) is 11.4 Å². The Morgan fingerprint density at radius 3 is 2.79 bits per heavy atom. The molecule has 0 unspecified atom stereocenters. The summed E-state index contributed by atoms with van der Waals surface area (Å²) in [6.07, 6.45) is 4.17. The molecule has 4 nitrogen and oxygen atoms in total. The predicted molar refractivity (Wildman–Crippen MR) is 76.8 cm³/mol. The second-order valence-electron chi connectivity index (χ2n) is 5.44. The molecule has 100 valence electrons. The van der Waals surface area contributed by atoms with E-state index in [1.165, 1.54) is 12.8 Å². The molecule has 2 aromatic heterocycles. The summed E-state index contributed by atoms with van der Waals surface area (Å²) in [5, 5.41) is 5.17. The minimum Gasteiger partial charge on any atom is -0.384 e. The van der Waals surface area contributed by atoms with Gasteiger partial charge >= 0.3 is 0 Å². The molecule has 0 radical (unpaired) electrons. The van der Waals surface area contributed by atoms with Crippen molar-refractivity contribution in [1.82, 2.24) is 14.8 Å². The minimum absolute atomic E-state index is 0.625. The number of hydrogen-bond donors (Lipinski definition) is 1. The van der Waals surface area contributed by atoms with Crippen LogP contribution in [0.15, 0.2) is 24.4 Å². The van der Waals surface area contributed by atoms with Crippen LogP contribution in [0, 0.1) is 11.8 Å². The molecule has 1 aliphatic rings. The maximum atomic E-state index is 6.02. The van der Waals surface area contributed by atoms with Gasteiger partial charge in [-0.3, -0.25) is 4.98 Å². The molecule has 0 saturated heterocycles. The molecule has 2 heterocycles. The largest absolute Gasteiger partial charge is 0.384 e. The van der Waals surface area contributed by atoms with Crippen LogP contribution in [0.1, 0.15) is 19.8 Å². The van der Waals surface area contributed by atoms with E-state index in [2.05, 4.69) is 17.0 Å². The zero-order chi connectivity index (χ0) is 13.4. The van der Waals surface area contributed by atoms with Crippen molar-refractivity contribution in [2.75, 3.05) is 5.73 Å². The fraction of sp³-hybridized carbons (Fsp3) is 0.429. The monoisotopic (exact) mass is 276 g/mol. The topological polar surface area (TPSA) is 56.7 Å². The van der Waals surface area contributed by atoms with E-state index in [4.69, 9.17) is 17.3 Å². The van der Waals surface area contributed by atoms with Gasteiger partial charge in [0.05, 0.1) is 10.7 Å². The Bertz CT molecular complexity index is 570. The first-order valence-corrected chi connectivity index (χ1v) is 6.95. The van der Waals surface area contributed by atoms with E-state index in [0.29, 0.717) is 16.8 Å². The van der Waals surface area contributed by atoms with Crippen molar-refractivity contribution in [3.8, 4) is 11.4 Å². The SMILES string of the molecule is CC1CC(Cn2nc(-c3ccc(Cl)cn3)cc2N)C1. The molecule has 2 N–H and O–H groups in total. The molecule has 0 bridgehead atoms. The molecule has 0 aliphatic heterocycles. The maximum absolute atomic E-state index is 6.02. The molecule has 2 aromatic rings. The van der Waals surface area contributed by atoms with Crippen LogP contribution in [0.2, 0.25) is 5.02 Å². The Balaban J connectivity index is 1.78. The number of nitrogens with zero attached hydrogens (tertiary/aromatic N) is 3. The summed E-state index contributed by atoms with van der Waals surface area (Å²) < 4.78 is 1.89. The predicted octanol–water partition coefficient (Wildman–Crippen LogP) is 3.23. The molecule has 1 fully saturated rings. The van der Waals surface area contributed by atoms with Crippen LogP contribution >= 0.6 is 11.6 Å². The Morgan fingerprint density at radius 2 is 2.16 bits per heavy atom. The van der Waals surface area contributed by atoms with Gasteiger partial charge in [-0.1, -0.05) is 18.5 Å². The highest BCUT2D eigenvalue weighted by Crippen LogP contribution is 2.34. The summed E-state index contributed by atoms with van der Waals surface area (Å²) in [6.45, 7) is 3.19. The van der Waals surface area contributed by atoms with Gasteiger partial charge in [-0.2, -0.15) is 5.10 Å². The molecule has 1 saturated carbocycles. The molecule has 3 rings (SSSR count). The number of hydrogen-bond acceptors (Lipinski definition) is 3. The lowest BCUT2D eigenvalue weighted by Gasteiger charge is -2.32. The second-order valence-corrected chi connectivity index (χ2v) is 5.88. The van der Waals surface area contributed by atoms with Crippen LogP contribution in [0.3, 0.4) is 0 Å². The lowest BCUT2D eigenvalue weighted by Crippen LogP contribution is -2.26. The first-order chi connectivity index (χ1) is 9.11. The number of aromatic nitrogens is 3. The molecular weight excluding hydrogens is 260 g/mol. The van der Waals surface area contributed by atoms with E-state index < -0.39 is 0 Å². The molecule has 0 spiro atoms. The second kappa shape index (κ2) is 4.85. The van der Waals surface area contributed by atoms with E-state index in [-0.39, 0.29) is 0 Å². The number of pyridine rings is 1. The lowest BCUT2D eigenvalue weighted by atomic mass is 9.76. The first kappa shape index (κ1) is 12.5. The Hall–Kier alpha value is -1.55. The molecule has 0 atom stereocenters. The van der Waals surface area contributed by atoms with Gasteiger partial charge in [-0.15, -0.1) is 0 Å². The van der Waals surface area contributed by atoms with Crippen LogP contribution < -0.4 is 5.73 Å². The van der Waals surface area contributed by atoms with Gasteiger partial charge in [-0.25, -0.2) is 4.68 Å². The molecule has 0 amide bonds. The zero-order valence-electron chi connectivity index (χ0n) is 10.9. The highest BCUT2D eigenvalue weighted by molar-refractivity contribution is 6.30. The van der Waals surface area contributed by atoms with Crippen molar-refractivity contribution < 1.29 is 0 Å². The molecule has 0 aromatic carbocycles. The summed E-state index contributed by atoms with van der Waals surface area (Å²) in [4.78, 5) is 4.26. The van der Waals surface area contributed by atoms with E-state index in [9.17, 15) is 0 Å². The molecule has 19 heavy (non-hydrogen) atoms. The third-order valence-corrected chi connectivity index (χ3v) is 3.93. The Kier molecular flexibility index (Phi) is 3.19. The number of rotatable bonds is 3. The van der Waals surface area contributed by atoms with Crippen molar-refractivity contribution >= 4 is 17.4 Å². The van der Waals surface area contributed by atoms with Crippen molar-refractivity contribution in [2.24, 2.45) is 11.8 Å². The summed E-state index contributed by atoms with van der Waals surface area (Å²) >= 11 is 5.83. The van der Waals surface area contributed by atoms with Crippen molar-refractivity contribution in [2.45, 2.75) is 26.3 Å². The third-order valence-electron chi connectivity index (χ3n) is 3.70. The quantitative estimate of drug-likeness (QED) is 0.936. The molecular formula is C14H17ClN4. The van der Waals surface area contributed by atoms with Gasteiger partial charge in [0.1, 0.15) is 11.5 Å². The third kappa shape index (κ3) is 2.59. The maximum Gasteiger partial charge on any atom is 0.122 e. The highest BCUT2D eigenvalue weighted by Gasteiger charge is 2.26. The van der Waals surface area contributed by atoms with Crippen LogP contribution in [0.5, 0.6) is 0 Å². The van der Waals surface area contributed by atoms with Crippen LogP contribution in [-0.2, 0) is 6.54 Å². The van der Waals surface area contributed by atoms with Crippen molar-refractivity contribution in [3.05, 3.63) is 29.4 Å². The zero-order valence-corrected chi connectivity index (χ0v) is 11.6. The van der Waals surface area contributed by atoms with Gasteiger partial charge in [0.15, 0.2) is 0 Å². The highest BCUT2D eigenvalue weighted by atomic mass is 35.5. The smallest absolute Gasteiger partial charge is 0.122 e. The number of nitrogen functional groups attached to an aromatic ring is 1. The van der Waals surface area contributed by atoms with E-state index in [1.807, 2.05) is 22.9 Å². The number of nitrogens with two attached hydrogens (primary N) is 1. The summed E-state index contributed by atoms with van der Waals surface area (Å²) in [5.41, 5.74) is 7.63. The fourth-order valence-corrected chi connectivity index (χ4v) is 2.80. The van der Waals surface area contributed by atoms with E-state index in [0.717, 1.165) is 23.9 Å². The van der Waals surface area contributed by atoms with Crippen LogP contribution in [-0.4, -0.2) is 14.8 Å². The van der Waals surface area contributed by atoms with E-state index in [1.54, 1.807) is 6.20 Å². The minimum atomic E-state index is 0.625. The van der Waals surface area contributed by atoms with Gasteiger partial charge in [0.2, 0.25) is 0 Å². The van der Waals surface area contributed by atoms with Crippen molar-refractivity contribution in [1.29, 1.82) is 0 Å². The standard InChI is InChI=1S/C14H17ClN4/c1-9-4-10(5-9)8-19-14(16)6-13(18-19)12-3-2-11(15)7-17-12/h2-3,6-7,9-10H,4-5,8,16H2,1H3. The Labute approximate surface area is 117 Å². The van der Waals surface area contributed by atoms with Gasteiger partial charge in [0.25, 0.3) is 0 Å². The summed E-state index contributed by atoms with van der Waals surface area (Å²) in [7, 11) is 0.